The molecule has 0 aliphatic heterocycles. The van der Waals surface area contributed by atoms with Crippen LogP contribution in [0.5, 0.6) is 0 Å². The maximum atomic E-state index is 12.0. The lowest BCUT2D eigenvalue weighted by Gasteiger charge is -2.50. The minimum atomic E-state index is -0.198. The Morgan fingerprint density at radius 1 is 1.20 bits per heavy atom. The molecule has 1 heterocycles. The fourth-order valence-electron chi connectivity index (χ4n) is 5.38. The second kappa shape index (κ2) is 12.0. The van der Waals surface area contributed by atoms with Crippen molar-refractivity contribution in [2.45, 2.75) is 66.5 Å². The SMILES string of the molecule is CC.C[C@@H]1[C@@H](O)[C@H](C)CC2CC[C@H](C)[C@H](/C=C/C=C/C(=O)NCc3cccnc3)[C@H]21. The fraction of sp³-hybridized carbons (Fsp3) is 0.615. The molecule has 166 valence electrons. The van der Waals surface area contributed by atoms with Gasteiger partial charge in [-0.05, 0) is 66.4 Å². The van der Waals surface area contributed by atoms with Crippen molar-refractivity contribution in [3.8, 4) is 0 Å². The van der Waals surface area contributed by atoms with Crippen molar-refractivity contribution in [2.75, 3.05) is 0 Å². The Labute approximate surface area is 182 Å². The molecule has 1 amide bonds. The van der Waals surface area contributed by atoms with E-state index in [0.29, 0.717) is 42.1 Å². The van der Waals surface area contributed by atoms with E-state index >= 15 is 0 Å². The van der Waals surface area contributed by atoms with Crippen LogP contribution in [0.25, 0.3) is 0 Å². The molecule has 2 saturated carbocycles. The van der Waals surface area contributed by atoms with Gasteiger partial charge in [-0.1, -0.05) is 58.9 Å². The van der Waals surface area contributed by atoms with Gasteiger partial charge < -0.3 is 10.4 Å². The first-order valence-electron chi connectivity index (χ1n) is 11.7. The first kappa shape index (κ1) is 24.3. The normalized spacial score (nSPS) is 33.6. The van der Waals surface area contributed by atoms with Crippen molar-refractivity contribution in [3.05, 3.63) is 54.4 Å². The van der Waals surface area contributed by atoms with E-state index in [2.05, 4.69) is 37.1 Å². The number of nitrogens with zero attached hydrogens (tertiary/aromatic N) is 1. The molecular weight excluding hydrogens is 372 g/mol. The number of carbonyl (C=O) groups excluding carboxylic acids is 1. The second-order valence-corrected chi connectivity index (χ2v) is 8.86. The molecule has 2 N–H and O–H groups in total. The molecule has 3 rings (SSSR count). The number of aliphatic hydroxyl groups excluding tert-OH is 1. The molecule has 0 aromatic carbocycles. The predicted molar refractivity (Wildman–Crippen MR) is 124 cm³/mol. The molecule has 4 heteroatoms. The van der Waals surface area contributed by atoms with Gasteiger partial charge >= 0.3 is 0 Å². The smallest absolute Gasteiger partial charge is 0.244 e. The van der Waals surface area contributed by atoms with E-state index < -0.39 is 0 Å². The Bertz CT molecular complexity index is 698. The molecule has 0 bridgehead atoms. The summed E-state index contributed by atoms with van der Waals surface area (Å²) >= 11 is 0. The maximum Gasteiger partial charge on any atom is 0.244 e. The molecule has 7 atom stereocenters. The zero-order chi connectivity index (χ0) is 22.1. The highest BCUT2D eigenvalue weighted by Crippen LogP contribution is 2.50. The van der Waals surface area contributed by atoms with Crippen molar-refractivity contribution in [1.29, 1.82) is 0 Å². The lowest BCUT2D eigenvalue weighted by Crippen LogP contribution is -2.47. The van der Waals surface area contributed by atoms with Crippen LogP contribution in [0.2, 0.25) is 0 Å². The summed E-state index contributed by atoms with van der Waals surface area (Å²) < 4.78 is 0. The van der Waals surface area contributed by atoms with E-state index in [0.717, 1.165) is 12.0 Å². The molecule has 0 spiro atoms. The van der Waals surface area contributed by atoms with Gasteiger partial charge in [0.1, 0.15) is 0 Å². The molecule has 0 saturated heterocycles. The molecule has 0 radical (unpaired) electrons. The summed E-state index contributed by atoms with van der Waals surface area (Å²) in [5.74, 6) is 2.98. The third-order valence-electron chi connectivity index (χ3n) is 6.92. The number of amides is 1. The zero-order valence-corrected chi connectivity index (χ0v) is 19.3. The molecule has 2 aliphatic carbocycles. The third-order valence-corrected chi connectivity index (χ3v) is 6.92. The molecule has 2 fully saturated rings. The topological polar surface area (TPSA) is 62.2 Å². The van der Waals surface area contributed by atoms with Crippen molar-refractivity contribution < 1.29 is 9.90 Å². The minimum Gasteiger partial charge on any atom is -0.393 e. The van der Waals surface area contributed by atoms with Gasteiger partial charge in [-0.3, -0.25) is 9.78 Å². The lowest BCUT2D eigenvalue weighted by atomic mass is 9.56. The zero-order valence-electron chi connectivity index (χ0n) is 19.3. The molecule has 1 aromatic heterocycles. The highest BCUT2D eigenvalue weighted by atomic mass is 16.3. The Morgan fingerprint density at radius 3 is 2.67 bits per heavy atom. The quantitative estimate of drug-likeness (QED) is 0.519. The highest BCUT2D eigenvalue weighted by molar-refractivity contribution is 5.87. The monoisotopic (exact) mass is 412 g/mol. The van der Waals surface area contributed by atoms with Gasteiger partial charge in [0.15, 0.2) is 0 Å². The van der Waals surface area contributed by atoms with Crippen LogP contribution in [0.1, 0.15) is 59.4 Å². The van der Waals surface area contributed by atoms with E-state index in [-0.39, 0.29) is 12.0 Å². The van der Waals surface area contributed by atoms with Crippen LogP contribution in [0.3, 0.4) is 0 Å². The lowest BCUT2D eigenvalue weighted by molar-refractivity contribution is -0.116. The molecule has 4 nitrogen and oxygen atoms in total. The van der Waals surface area contributed by atoms with Crippen molar-refractivity contribution >= 4 is 5.91 Å². The van der Waals surface area contributed by atoms with Crippen LogP contribution in [-0.4, -0.2) is 22.1 Å². The number of pyridine rings is 1. The van der Waals surface area contributed by atoms with Gasteiger partial charge in [-0.25, -0.2) is 0 Å². The van der Waals surface area contributed by atoms with Gasteiger partial charge in [0.05, 0.1) is 6.10 Å². The van der Waals surface area contributed by atoms with Gasteiger partial charge in [0.2, 0.25) is 5.91 Å². The first-order valence-corrected chi connectivity index (χ1v) is 11.7. The van der Waals surface area contributed by atoms with Crippen molar-refractivity contribution in [2.24, 2.45) is 35.5 Å². The highest BCUT2D eigenvalue weighted by Gasteiger charge is 2.46. The number of hydrogen-bond acceptors (Lipinski definition) is 3. The van der Waals surface area contributed by atoms with Crippen LogP contribution in [0, 0.1) is 35.5 Å². The van der Waals surface area contributed by atoms with E-state index in [1.165, 1.54) is 12.8 Å². The number of fused-ring (bicyclic) bond motifs is 1. The Morgan fingerprint density at radius 2 is 1.97 bits per heavy atom. The molecular formula is C26H40N2O2. The average Bonchev–Trinajstić information content (AvgIpc) is 2.77. The Balaban J connectivity index is 0.00000155. The summed E-state index contributed by atoms with van der Waals surface area (Å²) in [5.41, 5.74) is 0.987. The van der Waals surface area contributed by atoms with Gasteiger partial charge in [-0.15, -0.1) is 0 Å². The van der Waals surface area contributed by atoms with Crippen LogP contribution < -0.4 is 5.32 Å². The standard InChI is InChI=1S/C24H34N2O2.C2H6/c1-16-10-11-20-13-17(2)24(28)18(3)23(20)21(16)8-4-5-9-22(27)26-15-19-7-6-12-25-14-19;1-2/h4-9,12,14,16-18,20-21,23-24,28H,10-11,13,15H2,1-3H3,(H,26,27);1-2H3/b8-4+,9-5+;/t16-,17+,18-,20?,21-,23-,24-;/m0./s1. The van der Waals surface area contributed by atoms with Crippen molar-refractivity contribution in [1.82, 2.24) is 10.3 Å². The summed E-state index contributed by atoms with van der Waals surface area (Å²) in [7, 11) is 0. The number of nitrogens with one attached hydrogen (secondary N) is 1. The summed E-state index contributed by atoms with van der Waals surface area (Å²) in [6.45, 7) is 11.2. The maximum absolute atomic E-state index is 12.0. The number of aromatic nitrogens is 1. The Kier molecular flexibility index (Phi) is 9.77. The summed E-state index contributed by atoms with van der Waals surface area (Å²) in [6, 6.07) is 3.81. The predicted octanol–water partition coefficient (Wildman–Crippen LogP) is 5.15. The van der Waals surface area contributed by atoms with Gasteiger partial charge in [0.25, 0.3) is 0 Å². The largest absolute Gasteiger partial charge is 0.393 e. The molecule has 2 aliphatic rings. The first-order chi connectivity index (χ1) is 14.5. The van der Waals surface area contributed by atoms with Gasteiger partial charge in [-0.2, -0.15) is 0 Å². The van der Waals surface area contributed by atoms with Crippen LogP contribution in [-0.2, 0) is 11.3 Å². The van der Waals surface area contributed by atoms with Gasteiger partial charge in [0, 0.05) is 25.0 Å². The average molecular weight is 413 g/mol. The minimum absolute atomic E-state index is 0.0987. The summed E-state index contributed by atoms with van der Waals surface area (Å²) in [5, 5.41) is 13.5. The van der Waals surface area contributed by atoms with E-state index in [4.69, 9.17) is 0 Å². The van der Waals surface area contributed by atoms with E-state index in [9.17, 15) is 9.90 Å². The summed E-state index contributed by atoms with van der Waals surface area (Å²) in [4.78, 5) is 16.1. The van der Waals surface area contributed by atoms with Crippen LogP contribution >= 0.6 is 0 Å². The van der Waals surface area contributed by atoms with Crippen LogP contribution in [0.15, 0.2) is 48.8 Å². The number of allylic oxidation sites excluding steroid dienone is 3. The van der Waals surface area contributed by atoms with E-state index in [1.807, 2.05) is 38.1 Å². The van der Waals surface area contributed by atoms with Crippen molar-refractivity contribution in [3.63, 3.8) is 0 Å². The van der Waals surface area contributed by atoms with E-state index in [1.54, 1.807) is 18.5 Å². The third kappa shape index (κ3) is 6.28. The van der Waals surface area contributed by atoms with Crippen LogP contribution in [0.4, 0.5) is 0 Å². The molecule has 30 heavy (non-hydrogen) atoms. The fourth-order valence-corrected chi connectivity index (χ4v) is 5.38. The number of aliphatic hydroxyl groups is 1. The molecule has 1 aromatic rings. The Hall–Kier alpha value is -1.94. The number of hydrogen-bond donors (Lipinski definition) is 2. The number of rotatable bonds is 5. The second-order valence-electron chi connectivity index (χ2n) is 8.86. The summed E-state index contributed by atoms with van der Waals surface area (Å²) in [6.07, 6.45) is 14.7. The molecule has 1 unspecified atom stereocenters. The number of carbonyl (C=O) groups is 1.